The van der Waals surface area contributed by atoms with Crippen LogP contribution >= 0.6 is 22.9 Å². The van der Waals surface area contributed by atoms with Crippen molar-refractivity contribution >= 4 is 40.9 Å². The predicted octanol–water partition coefficient (Wildman–Crippen LogP) is 3.57. The van der Waals surface area contributed by atoms with Crippen LogP contribution in [-0.4, -0.2) is 19.4 Å². The minimum atomic E-state index is -0.451. The molecule has 20 heavy (non-hydrogen) atoms. The number of para-hydroxylation sites is 2. The number of halogens is 1. The lowest BCUT2D eigenvalue weighted by molar-refractivity contribution is 0.252. The summed E-state index contributed by atoms with van der Waals surface area (Å²) in [5, 5.41) is 6.47. The van der Waals surface area contributed by atoms with Crippen LogP contribution in [0.4, 0.5) is 10.5 Å². The smallest absolute Gasteiger partial charge is 0.339 e. The maximum absolute atomic E-state index is 11.7. The van der Waals surface area contributed by atoms with E-state index in [0.29, 0.717) is 15.8 Å². The average Bonchev–Trinajstić information content (AvgIpc) is 2.85. The molecule has 0 aliphatic rings. The van der Waals surface area contributed by atoms with Gasteiger partial charge in [0.2, 0.25) is 0 Å². The van der Waals surface area contributed by atoms with E-state index in [1.54, 1.807) is 24.3 Å². The molecule has 0 saturated heterocycles. The van der Waals surface area contributed by atoms with Crippen molar-refractivity contribution in [2.24, 2.45) is 5.10 Å². The lowest BCUT2D eigenvalue weighted by Gasteiger charge is -2.08. The highest BCUT2D eigenvalue weighted by atomic mass is 35.5. The Balaban J connectivity index is 1.91. The van der Waals surface area contributed by atoms with Crippen molar-refractivity contribution in [3.63, 3.8) is 0 Å². The normalized spacial score (nSPS) is 10.5. The molecule has 2 rings (SSSR count). The number of hydrogen-bond acceptors (Lipinski definition) is 4. The first-order valence-corrected chi connectivity index (χ1v) is 6.87. The van der Waals surface area contributed by atoms with Gasteiger partial charge in [0.25, 0.3) is 0 Å². The van der Waals surface area contributed by atoms with Crippen molar-refractivity contribution in [3.8, 4) is 5.75 Å². The lowest BCUT2D eigenvalue weighted by Crippen LogP contribution is -2.24. The van der Waals surface area contributed by atoms with Gasteiger partial charge in [-0.3, -0.25) is 0 Å². The van der Waals surface area contributed by atoms with Gasteiger partial charge in [-0.1, -0.05) is 23.7 Å². The number of anilines is 1. The summed E-state index contributed by atoms with van der Waals surface area (Å²) in [6.45, 7) is 0. The molecule has 0 aliphatic carbocycles. The molecule has 0 aliphatic heterocycles. The number of urea groups is 1. The highest BCUT2D eigenvalue weighted by Gasteiger charge is 2.05. The van der Waals surface area contributed by atoms with Crippen LogP contribution in [-0.2, 0) is 0 Å². The number of carbonyl (C=O) groups is 1. The second-order valence-corrected chi connectivity index (χ2v) is 5.41. The fourth-order valence-corrected chi connectivity index (χ4v) is 2.38. The molecular formula is C13H12ClN3O2S. The third kappa shape index (κ3) is 3.97. The molecule has 2 amide bonds. The number of carbonyl (C=O) groups excluding carboxylic acids is 1. The van der Waals surface area contributed by atoms with Gasteiger partial charge in [-0.05, 0) is 24.3 Å². The summed E-state index contributed by atoms with van der Waals surface area (Å²) >= 11 is 7.16. The summed E-state index contributed by atoms with van der Waals surface area (Å²) in [6.07, 6.45) is 1.53. The van der Waals surface area contributed by atoms with Gasteiger partial charge in [0.1, 0.15) is 5.75 Å². The van der Waals surface area contributed by atoms with Crippen molar-refractivity contribution in [1.29, 1.82) is 0 Å². The Morgan fingerprint density at radius 2 is 2.15 bits per heavy atom. The van der Waals surface area contributed by atoms with Gasteiger partial charge in [-0.15, -0.1) is 11.3 Å². The maximum atomic E-state index is 11.7. The zero-order valence-corrected chi connectivity index (χ0v) is 12.2. The number of benzene rings is 1. The van der Waals surface area contributed by atoms with E-state index in [4.69, 9.17) is 16.3 Å². The van der Waals surface area contributed by atoms with E-state index in [2.05, 4.69) is 15.8 Å². The Labute approximate surface area is 125 Å². The van der Waals surface area contributed by atoms with Crippen LogP contribution in [0.25, 0.3) is 0 Å². The van der Waals surface area contributed by atoms with Gasteiger partial charge in [0.15, 0.2) is 0 Å². The first kappa shape index (κ1) is 14.4. The van der Waals surface area contributed by atoms with E-state index >= 15 is 0 Å². The van der Waals surface area contributed by atoms with Crippen molar-refractivity contribution < 1.29 is 9.53 Å². The fraction of sp³-hybridized carbons (Fsp3) is 0.0769. The van der Waals surface area contributed by atoms with Gasteiger partial charge in [0.05, 0.1) is 23.3 Å². The van der Waals surface area contributed by atoms with E-state index in [1.807, 2.05) is 12.1 Å². The van der Waals surface area contributed by atoms with Gasteiger partial charge in [-0.2, -0.15) is 5.10 Å². The molecule has 0 saturated carbocycles. The van der Waals surface area contributed by atoms with Gasteiger partial charge in [-0.25, -0.2) is 10.2 Å². The molecule has 1 aromatic heterocycles. The summed E-state index contributed by atoms with van der Waals surface area (Å²) in [7, 11) is 1.54. The number of methoxy groups -OCH3 is 1. The van der Waals surface area contributed by atoms with Crippen LogP contribution in [0.2, 0.25) is 4.34 Å². The Kier molecular flexibility index (Phi) is 4.97. The standard InChI is InChI=1S/C13H12ClN3O2S/c1-19-11-5-3-2-4-10(11)16-13(18)17-15-8-9-6-7-12(14)20-9/h2-8H,1H3,(H2,16,17,18)/b15-8+. The second kappa shape index (κ2) is 6.93. The van der Waals surface area contributed by atoms with Crippen LogP contribution in [0.3, 0.4) is 0 Å². The van der Waals surface area contributed by atoms with Crippen LogP contribution in [0.15, 0.2) is 41.5 Å². The van der Waals surface area contributed by atoms with E-state index in [0.717, 1.165) is 4.88 Å². The molecule has 2 N–H and O–H groups in total. The number of amides is 2. The predicted molar refractivity (Wildman–Crippen MR) is 82.1 cm³/mol. The van der Waals surface area contributed by atoms with E-state index < -0.39 is 6.03 Å². The van der Waals surface area contributed by atoms with E-state index in [-0.39, 0.29) is 0 Å². The summed E-state index contributed by atoms with van der Waals surface area (Å²) in [5.41, 5.74) is 2.94. The van der Waals surface area contributed by atoms with Gasteiger partial charge < -0.3 is 10.1 Å². The molecule has 0 bridgehead atoms. The maximum Gasteiger partial charge on any atom is 0.339 e. The van der Waals surface area contributed by atoms with E-state index in [9.17, 15) is 4.79 Å². The van der Waals surface area contributed by atoms with Crippen molar-refractivity contribution in [1.82, 2.24) is 5.43 Å². The Morgan fingerprint density at radius 3 is 2.85 bits per heavy atom. The number of rotatable bonds is 4. The number of nitrogens with zero attached hydrogens (tertiary/aromatic N) is 1. The molecule has 0 fully saturated rings. The molecule has 0 radical (unpaired) electrons. The molecule has 0 spiro atoms. The van der Waals surface area contributed by atoms with Gasteiger partial charge >= 0.3 is 6.03 Å². The topological polar surface area (TPSA) is 62.7 Å². The number of hydrazone groups is 1. The molecule has 7 heteroatoms. The molecule has 2 aromatic rings. The first-order valence-electron chi connectivity index (χ1n) is 5.67. The largest absolute Gasteiger partial charge is 0.495 e. The Hall–Kier alpha value is -2.05. The second-order valence-electron chi connectivity index (χ2n) is 3.67. The van der Waals surface area contributed by atoms with Crippen LogP contribution in [0.1, 0.15) is 4.88 Å². The van der Waals surface area contributed by atoms with Crippen molar-refractivity contribution in [2.75, 3.05) is 12.4 Å². The first-order chi connectivity index (χ1) is 9.69. The summed E-state index contributed by atoms with van der Waals surface area (Å²) < 4.78 is 5.80. The highest BCUT2D eigenvalue weighted by Crippen LogP contribution is 2.22. The zero-order valence-electron chi connectivity index (χ0n) is 10.6. The summed E-state index contributed by atoms with van der Waals surface area (Å²) in [5.74, 6) is 0.580. The number of hydrogen-bond donors (Lipinski definition) is 2. The molecule has 0 unspecified atom stereocenters. The third-order valence-corrected chi connectivity index (χ3v) is 3.47. The Bertz CT molecular complexity index is 628. The SMILES string of the molecule is COc1ccccc1NC(=O)N/N=C/c1ccc(Cl)s1. The lowest BCUT2D eigenvalue weighted by atomic mass is 10.3. The number of thiophene rings is 1. The average molecular weight is 310 g/mol. The molecule has 1 heterocycles. The quantitative estimate of drug-likeness (QED) is 0.670. The molecule has 5 nitrogen and oxygen atoms in total. The molecule has 0 atom stereocenters. The minimum absolute atomic E-state index is 0.451. The monoisotopic (exact) mass is 309 g/mol. The molecule has 1 aromatic carbocycles. The zero-order chi connectivity index (χ0) is 14.4. The fourth-order valence-electron chi connectivity index (χ4n) is 1.45. The minimum Gasteiger partial charge on any atom is -0.495 e. The summed E-state index contributed by atoms with van der Waals surface area (Å²) in [6, 6.07) is 10.2. The number of nitrogens with one attached hydrogen (secondary N) is 2. The van der Waals surface area contributed by atoms with E-state index in [1.165, 1.54) is 24.7 Å². The van der Waals surface area contributed by atoms with Crippen LogP contribution in [0, 0.1) is 0 Å². The molecule has 104 valence electrons. The van der Waals surface area contributed by atoms with Crippen LogP contribution < -0.4 is 15.5 Å². The third-order valence-electron chi connectivity index (χ3n) is 2.31. The van der Waals surface area contributed by atoms with Gasteiger partial charge in [0, 0.05) is 4.88 Å². The van der Waals surface area contributed by atoms with Crippen LogP contribution in [0.5, 0.6) is 5.75 Å². The Morgan fingerprint density at radius 1 is 1.35 bits per heavy atom. The summed E-state index contributed by atoms with van der Waals surface area (Å²) in [4.78, 5) is 12.5. The van der Waals surface area contributed by atoms with Crippen molar-refractivity contribution in [2.45, 2.75) is 0 Å². The van der Waals surface area contributed by atoms with Crippen molar-refractivity contribution in [3.05, 3.63) is 45.6 Å². The highest BCUT2D eigenvalue weighted by molar-refractivity contribution is 7.17. The number of ether oxygens (including phenoxy) is 1. The molecular weight excluding hydrogens is 298 g/mol.